The molecule has 26 heavy (non-hydrogen) atoms. The van der Waals surface area contributed by atoms with Crippen molar-refractivity contribution in [3.05, 3.63) is 65.4 Å². The Morgan fingerprint density at radius 3 is 2.58 bits per heavy atom. The first kappa shape index (κ1) is 17.9. The highest BCUT2D eigenvalue weighted by molar-refractivity contribution is 6.08. The molecule has 4 nitrogen and oxygen atoms in total. The van der Waals surface area contributed by atoms with Crippen LogP contribution in [0.15, 0.2) is 48.7 Å². The number of carbonyl (C=O) groups excluding carboxylic acids is 2. The van der Waals surface area contributed by atoms with Crippen molar-refractivity contribution in [1.82, 2.24) is 4.57 Å². The van der Waals surface area contributed by atoms with E-state index < -0.39 is 0 Å². The van der Waals surface area contributed by atoms with Gasteiger partial charge >= 0.3 is 0 Å². The van der Waals surface area contributed by atoms with Crippen LogP contribution >= 0.6 is 0 Å². The zero-order valence-electron chi connectivity index (χ0n) is 15.5. The molecule has 0 spiro atoms. The van der Waals surface area contributed by atoms with Gasteiger partial charge in [0, 0.05) is 34.8 Å². The Labute approximate surface area is 153 Å². The van der Waals surface area contributed by atoms with Gasteiger partial charge in [-0.15, -0.1) is 0 Å². The number of rotatable bonds is 6. The number of fused-ring (bicyclic) bond motifs is 1. The summed E-state index contributed by atoms with van der Waals surface area (Å²) in [7, 11) is 0. The predicted octanol–water partition coefficient (Wildman–Crippen LogP) is 4.88. The van der Waals surface area contributed by atoms with E-state index in [1.54, 1.807) is 0 Å². The van der Waals surface area contributed by atoms with E-state index in [-0.39, 0.29) is 18.2 Å². The molecule has 0 aliphatic carbocycles. The third kappa shape index (κ3) is 3.54. The van der Waals surface area contributed by atoms with Crippen LogP contribution in [0.3, 0.4) is 0 Å². The van der Waals surface area contributed by atoms with Gasteiger partial charge in [0.05, 0.1) is 0 Å². The summed E-state index contributed by atoms with van der Waals surface area (Å²) in [4.78, 5) is 25.0. The molecule has 1 N–H and O–H groups in total. The molecule has 1 amide bonds. The van der Waals surface area contributed by atoms with Gasteiger partial charge < -0.3 is 9.88 Å². The van der Waals surface area contributed by atoms with Crippen LogP contribution in [0.4, 0.5) is 5.69 Å². The van der Waals surface area contributed by atoms with Crippen LogP contribution < -0.4 is 5.32 Å². The number of carbonyl (C=O) groups is 2. The molecular weight excluding hydrogens is 324 g/mol. The van der Waals surface area contributed by atoms with Crippen molar-refractivity contribution in [1.29, 1.82) is 0 Å². The van der Waals surface area contributed by atoms with Crippen LogP contribution in [0.1, 0.15) is 41.3 Å². The maximum absolute atomic E-state index is 12.6. The monoisotopic (exact) mass is 348 g/mol. The number of hydrogen-bond acceptors (Lipinski definition) is 2. The highest BCUT2D eigenvalue weighted by Crippen LogP contribution is 2.23. The van der Waals surface area contributed by atoms with Crippen molar-refractivity contribution in [2.24, 2.45) is 0 Å². The molecule has 134 valence electrons. The summed E-state index contributed by atoms with van der Waals surface area (Å²) >= 11 is 0. The number of Topliss-reactive ketones (excluding diaryl/α,β-unsaturated/α-hetero) is 1. The van der Waals surface area contributed by atoms with E-state index in [9.17, 15) is 9.59 Å². The first-order valence-corrected chi connectivity index (χ1v) is 8.98. The lowest BCUT2D eigenvalue weighted by molar-refractivity contribution is -0.116. The SMILES string of the molecule is CCCC(=O)c1cn(CC(=O)Nc2cccc(C)c2C)c2ccccc12. The van der Waals surface area contributed by atoms with Crippen LogP contribution in [0.2, 0.25) is 0 Å². The molecular formula is C22H24N2O2. The van der Waals surface area contributed by atoms with Crippen molar-refractivity contribution >= 4 is 28.3 Å². The van der Waals surface area contributed by atoms with Gasteiger partial charge in [-0.25, -0.2) is 0 Å². The maximum atomic E-state index is 12.6. The van der Waals surface area contributed by atoms with Crippen LogP contribution in [-0.4, -0.2) is 16.3 Å². The number of benzene rings is 2. The lowest BCUT2D eigenvalue weighted by Gasteiger charge is -2.11. The van der Waals surface area contributed by atoms with E-state index in [0.29, 0.717) is 12.0 Å². The van der Waals surface area contributed by atoms with Gasteiger partial charge in [-0.2, -0.15) is 0 Å². The molecule has 0 unspecified atom stereocenters. The van der Waals surface area contributed by atoms with Gasteiger partial charge in [-0.1, -0.05) is 37.3 Å². The van der Waals surface area contributed by atoms with Gasteiger partial charge in [0.2, 0.25) is 5.91 Å². The fraction of sp³-hybridized carbons (Fsp3) is 0.273. The van der Waals surface area contributed by atoms with Crippen molar-refractivity contribution in [2.45, 2.75) is 40.2 Å². The predicted molar refractivity (Wildman–Crippen MR) is 106 cm³/mol. The molecule has 0 bridgehead atoms. The molecule has 0 saturated carbocycles. The summed E-state index contributed by atoms with van der Waals surface area (Å²) < 4.78 is 1.86. The van der Waals surface area contributed by atoms with E-state index in [2.05, 4.69) is 5.32 Å². The van der Waals surface area contributed by atoms with Gasteiger partial charge in [0.25, 0.3) is 0 Å². The Morgan fingerprint density at radius 1 is 1.04 bits per heavy atom. The molecule has 4 heteroatoms. The van der Waals surface area contributed by atoms with Crippen molar-refractivity contribution < 1.29 is 9.59 Å². The van der Waals surface area contributed by atoms with Crippen LogP contribution in [0.5, 0.6) is 0 Å². The molecule has 1 heterocycles. The number of para-hydroxylation sites is 1. The molecule has 0 fully saturated rings. The summed E-state index contributed by atoms with van der Waals surface area (Å²) in [5, 5.41) is 3.89. The van der Waals surface area contributed by atoms with E-state index in [1.807, 2.05) is 74.0 Å². The van der Waals surface area contributed by atoms with Crippen molar-refractivity contribution in [3.8, 4) is 0 Å². The van der Waals surface area contributed by atoms with Crippen LogP contribution in [0, 0.1) is 13.8 Å². The second kappa shape index (κ2) is 7.56. The first-order chi connectivity index (χ1) is 12.5. The molecule has 3 rings (SSSR count). The average molecular weight is 348 g/mol. The summed E-state index contributed by atoms with van der Waals surface area (Å²) in [6.07, 6.45) is 3.14. The number of anilines is 1. The molecule has 1 aromatic heterocycles. The number of hydrogen-bond donors (Lipinski definition) is 1. The number of amides is 1. The minimum Gasteiger partial charge on any atom is -0.337 e. The van der Waals surface area contributed by atoms with E-state index in [1.165, 1.54) is 0 Å². The van der Waals surface area contributed by atoms with Crippen LogP contribution in [-0.2, 0) is 11.3 Å². The second-order valence-corrected chi connectivity index (χ2v) is 6.66. The van der Waals surface area contributed by atoms with Crippen molar-refractivity contribution in [3.63, 3.8) is 0 Å². The summed E-state index contributed by atoms with van der Waals surface area (Å²) in [5.41, 5.74) is 4.64. The molecule has 2 aromatic carbocycles. The topological polar surface area (TPSA) is 51.1 Å². The molecule has 0 radical (unpaired) electrons. The lowest BCUT2D eigenvalue weighted by Crippen LogP contribution is -2.19. The zero-order valence-corrected chi connectivity index (χ0v) is 15.5. The van der Waals surface area contributed by atoms with E-state index >= 15 is 0 Å². The molecule has 0 aliphatic rings. The largest absolute Gasteiger partial charge is 0.337 e. The van der Waals surface area contributed by atoms with Crippen molar-refractivity contribution in [2.75, 3.05) is 5.32 Å². The Balaban J connectivity index is 1.87. The van der Waals surface area contributed by atoms with Gasteiger partial charge in [-0.05, 0) is 43.5 Å². The van der Waals surface area contributed by atoms with Gasteiger partial charge in [-0.3, -0.25) is 9.59 Å². The third-order valence-corrected chi connectivity index (χ3v) is 4.76. The van der Waals surface area contributed by atoms with Gasteiger partial charge in [0.1, 0.15) is 6.54 Å². The zero-order chi connectivity index (χ0) is 18.7. The Kier molecular flexibility index (Phi) is 5.21. The minimum absolute atomic E-state index is 0.103. The van der Waals surface area contributed by atoms with Crippen LogP contribution in [0.25, 0.3) is 10.9 Å². The molecule has 0 atom stereocenters. The molecule has 3 aromatic rings. The Morgan fingerprint density at radius 2 is 1.81 bits per heavy atom. The van der Waals surface area contributed by atoms with E-state index in [0.717, 1.165) is 34.1 Å². The summed E-state index contributed by atoms with van der Waals surface area (Å²) in [5.74, 6) is 0.0198. The van der Waals surface area contributed by atoms with Gasteiger partial charge in [0.15, 0.2) is 5.78 Å². The average Bonchev–Trinajstić information content (AvgIpc) is 2.98. The third-order valence-electron chi connectivity index (χ3n) is 4.76. The maximum Gasteiger partial charge on any atom is 0.244 e. The number of aryl methyl sites for hydroxylation is 1. The standard InChI is InChI=1S/C22H24N2O2/c1-4-8-21(25)18-13-24(20-12-6-5-10-17(18)20)14-22(26)23-19-11-7-9-15(2)16(19)3/h5-7,9-13H,4,8,14H2,1-3H3,(H,23,26). The highest BCUT2D eigenvalue weighted by Gasteiger charge is 2.16. The fourth-order valence-electron chi connectivity index (χ4n) is 3.19. The van der Waals surface area contributed by atoms with E-state index in [4.69, 9.17) is 0 Å². The molecule has 0 saturated heterocycles. The summed E-state index contributed by atoms with van der Waals surface area (Å²) in [6, 6.07) is 13.6. The number of ketones is 1. The quantitative estimate of drug-likeness (QED) is 0.646. The lowest BCUT2D eigenvalue weighted by atomic mass is 10.1. The fourth-order valence-corrected chi connectivity index (χ4v) is 3.19. The Hall–Kier alpha value is -2.88. The number of nitrogens with zero attached hydrogens (tertiary/aromatic N) is 1. The first-order valence-electron chi connectivity index (χ1n) is 8.98. The normalized spacial score (nSPS) is 10.9. The molecule has 0 aliphatic heterocycles. The number of nitrogens with one attached hydrogen (secondary N) is 1. The summed E-state index contributed by atoms with van der Waals surface area (Å²) in [6.45, 7) is 6.19. The highest BCUT2D eigenvalue weighted by atomic mass is 16.2. The Bertz CT molecular complexity index is 969. The smallest absolute Gasteiger partial charge is 0.244 e. The minimum atomic E-state index is -0.103. The second-order valence-electron chi connectivity index (χ2n) is 6.66. The number of aromatic nitrogens is 1.